The van der Waals surface area contributed by atoms with Gasteiger partial charge in [-0.1, -0.05) is 28.7 Å². The summed E-state index contributed by atoms with van der Waals surface area (Å²) in [7, 11) is 0. The molecule has 3 heteroatoms. The van der Waals surface area contributed by atoms with E-state index in [9.17, 15) is 0 Å². The van der Waals surface area contributed by atoms with Crippen molar-refractivity contribution in [2.75, 3.05) is 4.43 Å². The van der Waals surface area contributed by atoms with Gasteiger partial charge in [-0.15, -0.1) is 0 Å². The first-order valence-corrected chi connectivity index (χ1v) is 6.42. The van der Waals surface area contributed by atoms with E-state index < -0.39 is 0 Å². The Morgan fingerprint density at radius 3 is 2.93 bits per heavy atom. The SMILES string of the molecule is N#Cc1ccc2ccn(CCCI)c2c1. The molecular formula is C12H11IN2. The molecule has 0 unspecified atom stereocenters. The summed E-state index contributed by atoms with van der Waals surface area (Å²) in [4.78, 5) is 0. The molecule has 15 heavy (non-hydrogen) atoms. The minimum atomic E-state index is 0.733. The lowest BCUT2D eigenvalue weighted by Gasteiger charge is -2.03. The zero-order valence-corrected chi connectivity index (χ0v) is 10.4. The smallest absolute Gasteiger partial charge is 0.0992 e. The van der Waals surface area contributed by atoms with Gasteiger partial charge >= 0.3 is 0 Å². The highest BCUT2D eigenvalue weighted by atomic mass is 127. The molecule has 0 spiro atoms. The van der Waals surface area contributed by atoms with Gasteiger partial charge in [0.2, 0.25) is 0 Å². The molecule has 0 radical (unpaired) electrons. The Morgan fingerprint density at radius 1 is 1.33 bits per heavy atom. The molecule has 0 aliphatic rings. The molecule has 0 amide bonds. The number of aromatic nitrogens is 1. The van der Waals surface area contributed by atoms with Gasteiger partial charge in [-0.2, -0.15) is 5.26 Å². The number of nitrogens with zero attached hydrogens (tertiary/aromatic N) is 2. The summed E-state index contributed by atoms with van der Waals surface area (Å²) in [5.41, 5.74) is 1.90. The molecule has 1 aromatic carbocycles. The van der Waals surface area contributed by atoms with Crippen molar-refractivity contribution in [3.05, 3.63) is 36.0 Å². The molecule has 0 N–H and O–H groups in total. The molecule has 0 atom stereocenters. The molecule has 1 heterocycles. The molecule has 0 bridgehead atoms. The van der Waals surface area contributed by atoms with Gasteiger partial charge in [-0.25, -0.2) is 0 Å². The van der Waals surface area contributed by atoms with Crippen LogP contribution in [0.5, 0.6) is 0 Å². The van der Waals surface area contributed by atoms with Crippen LogP contribution in [0.3, 0.4) is 0 Å². The number of fused-ring (bicyclic) bond motifs is 1. The average Bonchev–Trinajstić information content (AvgIpc) is 2.68. The summed E-state index contributed by atoms with van der Waals surface area (Å²) in [6.07, 6.45) is 3.26. The predicted octanol–water partition coefficient (Wildman–Crippen LogP) is 3.34. The van der Waals surface area contributed by atoms with Gasteiger partial charge < -0.3 is 4.57 Å². The van der Waals surface area contributed by atoms with Crippen LogP contribution < -0.4 is 0 Å². The van der Waals surface area contributed by atoms with Crippen molar-refractivity contribution in [3.8, 4) is 6.07 Å². The molecule has 0 aliphatic carbocycles. The van der Waals surface area contributed by atoms with Crippen LogP contribution in [0.1, 0.15) is 12.0 Å². The third-order valence-electron chi connectivity index (χ3n) is 2.44. The van der Waals surface area contributed by atoms with Crippen molar-refractivity contribution in [2.24, 2.45) is 0 Å². The lowest BCUT2D eigenvalue weighted by molar-refractivity contribution is 0.714. The second-order valence-corrected chi connectivity index (χ2v) is 4.52. The molecule has 2 aromatic rings. The highest BCUT2D eigenvalue weighted by Crippen LogP contribution is 2.17. The zero-order chi connectivity index (χ0) is 10.7. The van der Waals surface area contributed by atoms with Gasteiger partial charge in [0, 0.05) is 22.7 Å². The van der Waals surface area contributed by atoms with Gasteiger partial charge in [0.1, 0.15) is 0 Å². The fourth-order valence-electron chi connectivity index (χ4n) is 1.68. The van der Waals surface area contributed by atoms with E-state index in [1.807, 2.05) is 18.2 Å². The van der Waals surface area contributed by atoms with Gasteiger partial charge in [-0.05, 0) is 30.0 Å². The fraction of sp³-hybridized carbons (Fsp3) is 0.250. The Morgan fingerprint density at radius 2 is 2.20 bits per heavy atom. The van der Waals surface area contributed by atoms with E-state index in [1.165, 1.54) is 17.3 Å². The second-order valence-electron chi connectivity index (χ2n) is 3.44. The standard InChI is InChI=1S/C12H11IN2/c13-5-1-6-15-7-4-11-3-2-10(9-14)8-12(11)15/h2-4,7-8H,1,5-6H2. The molecule has 0 aliphatic heterocycles. The molecule has 0 fully saturated rings. The first-order chi connectivity index (χ1) is 7.35. The summed E-state index contributed by atoms with van der Waals surface area (Å²) in [6, 6.07) is 10.1. The third kappa shape index (κ3) is 2.15. The summed E-state index contributed by atoms with van der Waals surface area (Å²) >= 11 is 2.38. The van der Waals surface area contributed by atoms with Crippen molar-refractivity contribution in [3.63, 3.8) is 0 Å². The molecule has 0 saturated heterocycles. The van der Waals surface area contributed by atoms with Gasteiger partial charge in [-0.3, -0.25) is 0 Å². The number of rotatable bonds is 3. The van der Waals surface area contributed by atoms with Crippen molar-refractivity contribution < 1.29 is 0 Å². The van der Waals surface area contributed by atoms with E-state index in [1.54, 1.807) is 0 Å². The van der Waals surface area contributed by atoms with Crippen LogP contribution in [0.15, 0.2) is 30.5 Å². The van der Waals surface area contributed by atoms with E-state index in [0.29, 0.717) is 0 Å². The van der Waals surface area contributed by atoms with Crippen molar-refractivity contribution in [1.82, 2.24) is 4.57 Å². The number of halogens is 1. The summed E-state index contributed by atoms with van der Waals surface area (Å²) in [5.74, 6) is 0. The van der Waals surface area contributed by atoms with Crippen molar-refractivity contribution in [2.45, 2.75) is 13.0 Å². The Hall–Kier alpha value is -1.02. The second kappa shape index (κ2) is 4.67. The Balaban J connectivity index is 2.43. The van der Waals surface area contributed by atoms with Crippen molar-refractivity contribution >= 4 is 33.5 Å². The van der Waals surface area contributed by atoms with Gasteiger partial charge in [0.25, 0.3) is 0 Å². The first-order valence-electron chi connectivity index (χ1n) is 4.90. The zero-order valence-electron chi connectivity index (χ0n) is 8.28. The minimum Gasteiger partial charge on any atom is -0.347 e. The highest BCUT2D eigenvalue weighted by Gasteiger charge is 2.01. The number of alkyl halides is 1. The molecular weight excluding hydrogens is 299 g/mol. The van der Waals surface area contributed by atoms with Crippen LogP contribution in [0, 0.1) is 11.3 Å². The summed E-state index contributed by atoms with van der Waals surface area (Å²) < 4.78 is 3.38. The third-order valence-corrected chi connectivity index (χ3v) is 3.20. The van der Waals surface area contributed by atoms with E-state index >= 15 is 0 Å². The van der Waals surface area contributed by atoms with Gasteiger partial charge in [0.15, 0.2) is 0 Å². The number of aryl methyl sites for hydroxylation is 1. The van der Waals surface area contributed by atoms with Crippen LogP contribution in [-0.4, -0.2) is 8.99 Å². The Kier molecular flexibility index (Phi) is 3.27. The van der Waals surface area contributed by atoms with E-state index in [0.717, 1.165) is 16.5 Å². The van der Waals surface area contributed by atoms with E-state index in [2.05, 4.69) is 45.5 Å². The van der Waals surface area contributed by atoms with Crippen LogP contribution >= 0.6 is 22.6 Å². The van der Waals surface area contributed by atoms with Gasteiger partial charge in [0.05, 0.1) is 11.6 Å². The molecule has 1 aromatic heterocycles. The maximum Gasteiger partial charge on any atom is 0.0992 e. The predicted molar refractivity (Wildman–Crippen MR) is 70.2 cm³/mol. The molecule has 2 rings (SSSR count). The number of hydrogen-bond donors (Lipinski definition) is 0. The minimum absolute atomic E-state index is 0.733. The maximum absolute atomic E-state index is 8.84. The van der Waals surface area contributed by atoms with Crippen molar-refractivity contribution in [1.29, 1.82) is 5.26 Å². The summed E-state index contributed by atoms with van der Waals surface area (Å²) in [6.45, 7) is 1.03. The van der Waals surface area contributed by atoms with Crippen LogP contribution in [0.2, 0.25) is 0 Å². The van der Waals surface area contributed by atoms with E-state index in [-0.39, 0.29) is 0 Å². The van der Waals surface area contributed by atoms with Crippen LogP contribution in [0.4, 0.5) is 0 Å². The topological polar surface area (TPSA) is 28.7 Å². The Labute approximate surface area is 103 Å². The largest absolute Gasteiger partial charge is 0.347 e. The fourth-order valence-corrected chi connectivity index (χ4v) is 2.02. The van der Waals surface area contributed by atoms with E-state index in [4.69, 9.17) is 5.26 Å². The monoisotopic (exact) mass is 310 g/mol. The molecule has 0 saturated carbocycles. The van der Waals surface area contributed by atoms with Crippen LogP contribution in [-0.2, 0) is 6.54 Å². The summed E-state index contributed by atoms with van der Waals surface area (Å²) in [5, 5.41) is 10.1. The average molecular weight is 310 g/mol. The number of nitriles is 1. The Bertz CT molecular complexity index is 508. The number of hydrogen-bond acceptors (Lipinski definition) is 1. The number of benzene rings is 1. The quantitative estimate of drug-likeness (QED) is 0.631. The molecule has 2 nitrogen and oxygen atoms in total. The first kappa shape index (κ1) is 10.5. The maximum atomic E-state index is 8.84. The lowest BCUT2D eigenvalue weighted by atomic mass is 10.2. The normalized spacial score (nSPS) is 10.4. The highest BCUT2D eigenvalue weighted by molar-refractivity contribution is 14.1. The molecule has 76 valence electrons. The lowest BCUT2D eigenvalue weighted by Crippen LogP contribution is -1.96. The van der Waals surface area contributed by atoms with Crippen LogP contribution in [0.25, 0.3) is 10.9 Å².